The van der Waals surface area contributed by atoms with Crippen LogP contribution in [0.3, 0.4) is 0 Å². The van der Waals surface area contributed by atoms with Crippen molar-refractivity contribution >= 4 is 11.0 Å². The van der Waals surface area contributed by atoms with Gasteiger partial charge < -0.3 is 73.3 Å². The van der Waals surface area contributed by atoms with Crippen LogP contribution < -0.4 is 24.4 Å². The van der Waals surface area contributed by atoms with Crippen molar-refractivity contribution in [3.8, 4) is 39.9 Å². The van der Waals surface area contributed by atoms with Crippen molar-refractivity contribution in [2.24, 2.45) is 0 Å². The molecular weight excluding hydrogens is 592 g/mol. The number of hydrogen-bond acceptors (Lipinski definition) is 16. The first-order chi connectivity index (χ1) is 21.1. The lowest BCUT2D eigenvalue weighted by Gasteiger charge is -2.41. The molecule has 1 aromatic heterocycles. The van der Waals surface area contributed by atoms with Crippen molar-refractivity contribution in [1.29, 1.82) is 0 Å². The van der Waals surface area contributed by atoms with E-state index in [4.69, 9.17) is 37.6 Å². The van der Waals surface area contributed by atoms with Crippen molar-refractivity contribution in [3.05, 3.63) is 40.8 Å². The summed E-state index contributed by atoms with van der Waals surface area (Å²) in [6.07, 6.45) is -13.0. The van der Waals surface area contributed by atoms with E-state index in [0.717, 1.165) is 6.07 Å². The van der Waals surface area contributed by atoms with Gasteiger partial charge in [0, 0.05) is 6.07 Å². The summed E-state index contributed by atoms with van der Waals surface area (Å²) in [7, 11) is 1.44. The number of aliphatic hydroxyl groups is 6. The number of phenolic OH excluding ortho intramolecular Hbond substituents is 1. The van der Waals surface area contributed by atoms with Crippen LogP contribution in [0.4, 0.5) is 0 Å². The van der Waals surface area contributed by atoms with Crippen LogP contribution in [0.5, 0.6) is 28.7 Å². The van der Waals surface area contributed by atoms with Crippen molar-refractivity contribution in [1.82, 2.24) is 0 Å². The summed E-state index contributed by atoms with van der Waals surface area (Å²) in [6, 6.07) is 5.45. The second-order valence-corrected chi connectivity index (χ2v) is 10.4. The molecule has 0 spiro atoms. The minimum atomic E-state index is -1.81. The lowest BCUT2D eigenvalue weighted by atomic mass is 9.99. The molecule has 2 fully saturated rings. The van der Waals surface area contributed by atoms with Gasteiger partial charge in [0.05, 0.1) is 31.3 Å². The molecule has 6 rings (SSSR count). The van der Waals surface area contributed by atoms with Gasteiger partial charge in [-0.2, -0.15) is 0 Å². The number of ether oxygens (including phenoxy) is 7. The maximum Gasteiger partial charge on any atom is 0.231 e. The van der Waals surface area contributed by atoms with Crippen molar-refractivity contribution in [3.63, 3.8) is 0 Å². The Hall–Kier alpha value is -3.71. The molecule has 9 atom stereocenters. The molecule has 0 unspecified atom stereocenters. The molecule has 4 heterocycles. The molecule has 0 amide bonds. The molecule has 0 radical (unpaired) electrons. The number of hydrogen-bond donors (Lipinski definition) is 7. The van der Waals surface area contributed by atoms with E-state index in [1.165, 1.54) is 19.4 Å². The number of aliphatic hydroxyl groups excluding tert-OH is 6. The third kappa shape index (κ3) is 5.40. The van der Waals surface area contributed by atoms with E-state index in [9.17, 15) is 40.5 Å². The van der Waals surface area contributed by atoms with Gasteiger partial charge >= 0.3 is 0 Å². The molecule has 0 saturated carbocycles. The van der Waals surface area contributed by atoms with E-state index in [1.807, 2.05) is 0 Å². The summed E-state index contributed by atoms with van der Waals surface area (Å²) in [5.74, 6) is 0.289. The largest absolute Gasteiger partial charge is 0.504 e. The Morgan fingerprint density at radius 2 is 1.66 bits per heavy atom. The second kappa shape index (κ2) is 12.0. The molecule has 3 aromatic rings. The molecule has 0 aliphatic carbocycles. The van der Waals surface area contributed by atoms with Gasteiger partial charge in [0.15, 0.2) is 29.3 Å². The lowest BCUT2D eigenvalue weighted by Crippen LogP contribution is -2.61. The average Bonchev–Trinajstić information content (AvgIpc) is 3.49. The highest BCUT2D eigenvalue weighted by atomic mass is 16.7. The van der Waals surface area contributed by atoms with Gasteiger partial charge in [-0.05, 0) is 23.8 Å². The van der Waals surface area contributed by atoms with Gasteiger partial charge in [-0.3, -0.25) is 4.79 Å². The Labute approximate surface area is 247 Å². The van der Waals surface area contributed by atoms with Crippen LogP contribution in [-0.4, -0.2) is 118 Å². The predicted octanol–water partition coefficient (Wildman–Crippen LogP) is -1.46. The van der Waals surface area contributed by atoms with E-state index >= 15 is 0 Å². The Bertz CT molecular complexity index is 1570. The normalized spacial score (nSPS) is 31.7. The van der Waals surface area contributed by atoms with Crippen LogP contribution in [-0.2, 0) is 14.2 Å². The van der Waals surface area contributed by atoms with E-state index < -0.39 is 73.1 Å². The predicted molar refractivity (Wildman–Crippen MR) is 143 cm³/mol. The topological polar surface area (TPSA) is 236 Å². The van der Waals surface area contributed by atoms with Gasteiger partial charge in [-0.25, -0.2) is 0 Å². The summed E-state index contributed by atoms with van der Waals surface area (Å²) in [5, 5.41) is 71.6. The smallest absolute Gasteiger partial charge is 0.231 e. The molecule has 3 aliphatic rings. The number of benzene rings is 2. The monoisotopic (exact) mass is 622 g/mol. The van der Waals surface area contributed by atoms with E-state index in [2.05, 4.69) is 0 Å². The highest BCUT2D eigenvalue weighted by Gasteiger charge is 2.46. The highest BCUT2D eigenvalue weighted by molar-refractivity contribution is 5.85. The standard InChI is InChI=1S/C28H30O16/c1-37-17-2-10(3-18-26(17)42-9-41-18)12-6-38-15-5-13(29)16(4-11(15)20(12)31)43-28-25(36)23(34)22(33)19(44-28)8-40-27-24(35)21(32)14(30)7-39-27/h2-6,14,19,21-25,27-30,32-36H,7-9H2,1H3/t14-,19-,21+,22-,23+,24-,25-,27+,28-/m1/s1. The summed E-state index contributed by atoms with van der Waals surface area (Å²) in [4.78, 5) is 13.6. The van der Waals surface area contributed by atoms with Gasteiger partial charge in [-0.1, -0.05) is 0 Å². The quantitative estimate of drug-likeness (QED) is 0.159. The first-order valence-corrected chi connectivity index (χ1v) is 13.5. The molecular formula is C28H30O16. The van der Waals surface area contributed by atoms with Crippen LogP contribution in [0.25, 0.3) is 22.1 Å². The van der Waals surface area contributed by atoms with Crippen molar-refractivity contribution < 1.29 is 73.3 Å². The summed E-state index contributed by atoms with van der Waals surface area (Å²) in [5.41, 5.74) is 0.0290. The summed E-state index contributed by atoms with van der Waals surface area (Å²) < 4.78 is 43.6. The van der Waals surface area contributed by atoms with Gasteiger partial charge in [-0.15, -0.1) is 0 Å². The second-order valence-electron chi connectivity index (χ2n) is 10.4. The van der Waals surface area contributed by atoms with Crippen LogP contribution in [0.1, 0.15) is 0 Å². The molecule has 16 heteroatoms. The summed E-state index contributed by atoms with van der Waals surface area (Å²) in [6.45, 7) is -0.854. The fourth-order valence-corrected chi connectivity index (χ4v) is 5.12. The zero-order valence-corrected chi connectivity index (χ0v) is 23.0. The molecule has 2 saturated heterocycles. The molecule has 7 N–H and O–H groups in total. The Morgan fingerprint density at radius 1 is 0.886 bits per heavy atom. The Balaban J connectivity index is 1.24. The first kappa shape index (κ1) is 30.3. The van der Waals surface area contributed by atoms with E-state index in [-0.39, 0.29) is 35.7 Å². The molecule has 2 aromatic carbocycles. The lowest BCUT2D eigenvalue weighted by molar-refractivity contribution is -0.307. The third-order valence-electron chi connectivity index (χ3n) is 7.61. The zero-order chi connectivity index (χ0) is 31.3. The average molecular weight is 623 g/mol. The number of rotatable bonds is 7. The summed E-state index contributed by atoms with van der Waals surface area (Å²) >= 11 is 0. The maximum absolute atomic E-state index is 13.6. The number of fused-ring (bicyclic) bond motifs is 2. The molecule has 0 bridgehead atoms. The van der Waals surface area contributed by atoms with Crippen LogP contribution in [0.15, 0.2) is 39.7 Å². The van der Waals surface area contributed by atoms with Gasteiger partial charge in [0.2, 0.25) is 24.3 Å². The molecule has 238 valence electrons. The van der Waals surface area contributed by atoms with Gasteiger partial charge in [0.1, 0.15) is 54.6 Å². The Kier molecular flexibility index (Phi) is 8.27. The van der Waals surface area contributed by atoms with Crippen molar-refractivity contribution in [2.75, 3.05) is 27.1 Å². The third-order valence-corrected chi connectivity index (χ3v) is 7.61. The van der Waals surface area contributed by atoms with Gasteiger partial charge in [0.25, 0.3) is 0 Å². The molecule has 44 heavy (non-hydrogen) atoms. The number of phenols is 1. The van der Waals surface area contributed by atoms with Crippen LogP contribution in [0, 0.1) is 0 Å². The van der Waals surface area contributed by atoms with E-state index in [0.29, 0.717) is 22.8 Å². The number of aromatic hydroxyl groups is 1. The fraction of sp³-hybridized carbons (Fsp3) is 0.464. The minimum Gasteiger partial charge on any atom is -0.504 e. The fourth-order valence-electron chi connectivity index (χ4n) is 5.12. The van der Waals surface area contributed by atoms with Crippen LogP contribution in [0.2, 0.25) is 0 Å². The van der Waals surface area contributed by atoms with E-state index in [1.54, 1.807) is 12.1 Å². The minimum absolute atomic E-state index is 0.0121. The SMILES string of the molecule is COc1cc(-c2coc3cc(O)c(O[C@@H]4O[C@H](CO[C@@H]5OC[C@@H](O)[C@H](O)[C@H]5O)[C@@H](O)[C@H](O)[C@H]4O)cc3c2=O)cc2c1OCO2. The molecule has 16 nitrogen and oxygen atoms in total. The number of methoxy groups -OCH3 is 1. The molecule has 3 aliphatic heterocycles. The van der Waals surface area contributed by atoms with Crippen LogP contribution >= 0.6 is 0 Å². The first-order valence-electron chi connectivity index (χ1n) is 13.5. The maximum atomic E-state index is 13.6. The highest BCUT2D eigenvalue weighted by Crippen LogP contribution is 2.44. The zero-order valence-electron chi connectivity index (χ0n) is 23.0. The van der Waals surface area contributed by atoms with Crippen molar-refractivity contribution in [2.45, 2.75) is 55.3 Å². The Morgan fingerprint density at radius 3 is 2.43 bits per heavy atom.